The summed E-state index contributed by atoms with van der Waals surface area (Å²) in [6.07, 6.45) is 1.99. The SMILES string of the molecule is Cc1ccc(C(OCC2CC2)c2ccc(F)c(NC(=O)c3cc(C)nn3-c3cccc(CN)c3)c2)cc1. The number of rotatable bonds is 9. The monoisotopic (exact) mass is 498 g/mol. The van der Waals surface area contributed by atoms with Crippen molar-refractivity contribution in [1.82, 2.24) is 9.78 Å². The Bertz CT molecular complexity index is 1410. The van der Waals surface area contributed by atoms with Gasteiger partial charge in [0.1, 0.15) is 17.6 Å². The van der Waals surface area contributed by atoms with Crippen molar-refractivity contribution in [3.05, 3.63) is 112 Å². The Labute approximate surface area is 216 Å². The van der Waals surface area contributed by atoms with Crippen LogP contribution in [0, 0.1) is 25.6 Å². The molecule has 190 valence electrons. The number of nitrogens with zero attached hydrogens (tertiary/aromatic N) is 2. The van der Waals surface area contributed by atoms with Crippen molar-refractivity contribution in [2.75, 3.05) is 11.9 Å². The molecular formula is C30H31FN4O2. The Morgan fingerprint density at radius 2 is 1.84 bits per heavy atom. The number of benzene rings is 3. The highest BCUT2D eigenvalue weighted by Crippen LogP contribution is 2.34. The van der Waals surface area contributed by atoms with Crippen LogP contribution in [0.25, 0.3) is 5.69 Å². The topological polar surface area (TPSA) is 82.2 Å². The summed E-state index contributed by atoms with van der Waals surface area (Å²) in [7, 11) is 0. The lowest BCUT2D eigenvalue weighted by Crippen LogP contribution is -2.18. The Balaban J connectivity index is 1.44. The first-order valence-electron chi connectivity index (χ1n) is 12.6. The zero-order valence-corrected chi connectivity index (χ0v) is 21.1. The molecule has 37 heavy (non-hydrogen) atoms. The zero-order chi connectivity index (χ0) is 25.9. The molecule has 1 heterocycles. The van der Waals surface area contributed by atoms with E-state index in [1.165, 1.54) is 18.9 Å². The number of carbonyl (C=O) groups excluding carboxylic acids is 1. The first-order chi connectivity index (χ1) is 17.9. The van der Waals surface area contributed by atoms with Crippen LogP contribution in [-0.4, -0.2) is 22.3 Å². The predicted molar refractivity (Wildman–Crippen MR) is 142 cm³/mol. The lowest BCUT2D eigenvalue weighted by Gasteiger charge is -2.20. The Hall–Kier alpha value is -3.81. The fourth-order valence-electron chi connectivity index (χ4n) is 4.30. The minimum absolute atomic E-state index is 0.0933. The average Bonchev–Trinajstić information content (AvgIpc) is 3.65. The first-order valence-corrected chi connectivity index (χ1v) is 12.6. The molecule has 1 amide bonds. The van der Waals surface area contributed by atoms with Crippen LogP contribution < -0.4 is 11.1 Å². The van der Waals surface area contributed by atoms with Crippen LogP contribution in [0.5, 0.6) is 0 Å². The minimum Gasteiger partial charge on any atom is -0.368 e. The lowest BCUT2D eigenvalue weighted by molar-refractivity contribution is 0.0718. The number of nitrogens with two attached hydrogens (primary N) is 1. The van der Waals surface area contributed by atoms with Crippen LogP contribution in [0.15, 0.2) is 72.8 Å². The van der Waals surface area contributed by atoms with E-state index in [9.17, 15) is 9.18 Å². The molecule has 1 atom stereocenters. The quantitative estimate of drug-likeness (QED) is 0.303. The summed E-state index contributed by atoms with van der Waals surface area (Å²) in [5.41, 5.74) is 11.4. The zero-order valence-electron chi connectivity index (χ0n) is 21.1. The Morgan fingerprint density at radius 1 is 1.08 bits per heavy atom. The number of halogens is 1. The molecular weight excluding hydrogens is 467 g/mol. The van der Waals surface area contributed by atoms with Crippen LogP contribution >= 0.6 is 0 Å². The molecule has 0 bridgehead atoms. The Kier molecular flexibility index (Phi) is 7.17. The number of ether oxygens (including phenoxy) is 1. The number of aryl methyl sites for hydroxylation is 2. The van der Waals surface area contributed by atoms with Gasteiger partial charge in [-0.15, -0.1) is 0 Å². The highest BCUT2D eigenvalue weighted by Gasteiger charge is 2.25. The molecule has 1 aromatic heterocycles. The summed E-state index contributed by atoms with van der Waals surface area (Å²) < 4.78 is 22.8. The Morgan fingerprint density at radius 3 is 2.57 bits per heavy atom. The van der Waals surface area contributed by atoms with E-state index in [0.29, 0.717) is 36.1 Å². The van der Waals surface area contributed by atoms with Gasteiger partial charge in [-0.1, -0.05) is 48.0 Å². The lowest BCUT2D eigenvalue weighted by atomic mass is 9.99. The standard InChI is InChI=1S/C30H31FN4O2/c1-19-6-10-23(11-7-19)29(37-18-21-8-9-21)24-12-13-26(31)27(16-24)33-30(36)28-14-20(2)34-35(28)25-5-3-4-22(15-25)17-32/h3-7,10-16,21,29H,8-9,17-18,32H2,1-2H3,(H,33,36). The molecule has 6 nitrogen and oxygen atoms in total. The molecule has 0 spiro atoms. The summed E-state index contributed by atoms with van der Waals surface area (Å²) in [5.74, 6) is -0.399. The molecule has 3 N–H and O–H groups in total. The van der Waals surface area contributed by atoms with Gasteiger partial charge in [0.2, 0.25) is 0 Å². The second kappa shape index (κ2) is 10.7. The van der Waals surface area contributed by atoms with Gasteiger partial charge in [0, 0.05) is 6.54 Å². The minimum atomic E-state index is -0.519. The van der Waals surface area contributed by atoms with Crippen molar-refractivity contribution >= 4 is 11.6 Å². The molecule has 7 heteroatoms. The van der Waals surface area contributed by atoms with Gasteiger partial charge in [-0.3, -0.25) is 4.79 Å². The largest absolute Gasteiger partial charge is 0.368 e. The summed E-state index contributed by atoms with van der Waals surface area (Å²) in [4.78, 5) is 13.3. The summed E-state index contributed by atoms with van der Waals surface area (Å²) >= 11 is 0. The second-order valence-electron chi connectivity index (χ2n) is 9.72. The number of nitrogens with one attached hydrogen (secondary N) is 1. The van der Waals surface area contributed by atoms with Gasteiger partial charge in [0.05, 0.1) is 23.7 Å². The van der Waals surface area contributed by atoms with E-state index < -0.39 is 11.7 Å². The van der Waals surface area contributed by atoms with E-state index in [1.807, 2.05) is 62.4 Å². The van der Waals surface area contributed by atoms with E-state index in [-0.39, 0.29) is 11.8 Å². The third-order valence-corrected chi connectivity index (χ3v) is 6.57. The fourth-order valence-corrected chi connectivity index (χ4v) is 4.30. The van der Waals surface area contributed by atoms with E-state index >= 15 is 0 Å². The third kappa shape index (κ3) is 5.79. The first kappa shape index (κ1) is 24.9. The van der Waals surface area contributed by atoms with Gasteiger partial charge in [-0.25, -0.2) is 9.07 Å². The van der Waals surface area contributed by atoms with Crippen LogP contribution in [0.1, 0.15) is 57.4 Å². The van der Waals surface area contributed by atoms with Crippen molar-refractivity contribution in [3.63, 3.8) is 0 Å². The summed E-state index contributed by atoms with van der Waals surface area (Å²) in [5, 5.41) is 7.24. The summed E-state index contributed by atoms with van der Waals surface area (Å²) in [6.45, 7) is 4.87. The maximum atomic E-state index is 14.9. The van der Waals surface area contributed by atoms with Crippen molar-refractivity contribution in [3.8, 4) is 5.69 Å². The molecule has 0 saturated heterocycles. The molecule has 5 rings (SSSR count). The molecule has 1 aliphatic rings. The van der Waals surface area contributed by atoms with Gasteiger partial charge in [-0.05, 0) is 79.6 Å². The second-order valence-corrected chi connectivity index (χ2v) is 9.72. The number of hydrogen-bond acceptors (Lipinski definition) is 4. The average molecular weight is 499 g/mol. The van der Waals surface area contributed by atoms with E-state index in [0.717, 1.165) is 22.3 Å². The molecule has 1 unspecified atom stereocenters. The number of hydrogen-bond donors (Lipinski definition) is 2. The van der Waals surface area contributed by atoms with Gasteiger partial charge in [0.25, 0.3) is 5.91 Å². The number of carbonyl (C=O) groups is 1. The van der Waals surface area contributed by atoms with Crippen LogP contribution in [0.2, 0.25) is 0 Å². The fraction of sp³-hybridized carbons (Fsp3) is 0.267. The molecule has 4 aromatic rings. The van der Waals surface area contributed by atoms with Gasteiger partial charge >= 0.3 is 0 Å². The van der Waals surface area contributed by atoms with E-state index in [4.69, 9.17) is 10.5 Å². The molecule has 3 aromatic carbocycles. The van der Waals surface area contributed by atoms with E-state index in [2.05, 4.69) is 10.4 Å². The highest BCUT2D eigenvalue weighted by atomic mass is 19.1. The molecule has 0 radical (unpaired) electrons. The number of aromatic nitrogens is 2. The van der Waals surface area contributed by atoms with Crippen molar-refractivity contribution in [2.24, 2.45) is 11.7 Å². The van der Waals surface area contributed by atoms with Crippen molar-refractivity contribution in [2.45, 2.75) is 39.3 Å². The molecule has 1 fully saturated rings. The van der Waals surface area contributed by atoms with Gasteiger partial charge < -0.3 is 15.8 Å². The van der Waals surface area contributed by atoms with Crippen LogP contribution in [0.4, 0.5) is 10.1 Å². The van der Waals surface area contributed by atoms with Crippen LogP contribution in [-0.2, 0) is 11.3 Å². The number of anilines is 1. The molecule has 0 aliphatic heterocycles. The molecule has 1 aliphatic carbocycles. The maximum Gasteiger partial charge on any atom is 0.274 e. The van der Waals surface area contributed by atoms with Crippen molar-refractivity contribution < 1.29 is 13.9 Å². The summed E-state index contributed by atoms with van der Waals surface area (Å²) in [6, 6.07) is 22.1. The highest BCUT2D eigenvalue weighted by molar-refractivity contribution is 6.03. The van der Waals surface area contributed by atoms with Crippen molar-refractivity contribution in [1.29, 1.82) is 0 Å². The van der Waals surface area contributed by atoms with Gasteiger partial charge in [0.15, 0.2) is 0 Å². The molecule has 1 saturated carbocycles. The third-order valence-electron chi connectivity index (χ3n) is 6.57. The van der Waals surface area contributed by atoms with Crippen LogP contribution in [0.3, 0.4) is 0 Å². The van der Waals surface area contributed by atoms with E-state index in [1.54, 1.807) is 22.9 Å². The predicted octanol–water partition coefficient (Wildman–Crippen LogP) is 5.86. The smallest absolute Gasteiger partial charge is 0.274 e. The number of amides is 1. The maximum absolute atomic E-state index is 14.9. The van der Waals surface area contributed by atoms with Gasteiger partial charge in [-0.2, -0.15) is 5.10 Å². The normalized spacial score (nSPS) is 13.9.